The smallest absolute Gasteiger partial charge is 0.0542 e. The second kappa shape index (κ2) is 12.0. The Morgan fingerprint density at radius 2 is 0.571 bits per heavy atom. The van der Waals surface area contributed by atoms with Crippen LogP contribution in [0.3, 0.4) is 0 Å². The molecule has 0 spiro atoms. The number of nitrogens with zero attached hydrogens (tertiary/aromatic N) is 3. The summed E-state index contributed by atoms with van der Waals surface area (Å²) in [5.74, 6) is 0. The highest BCUT2D eigenvalue weighted by Gasteiger charge is 2.22. The zero-order chi connectivity index (χ0) is 38.8. The van der Waals surface area contributed by atoms with Crippen LogP contribution < -0.4 is 0 Å². The van der Waals surface area contributed by atoms with E-state index in [0.29, 0.717) is 0 Å². The second-order valence-corrected chi connectivity index (χ2v) is 18.2. The Morgan fingerprint density at radius 1 is 0.286 bits per heavy atom. The SMILES string of the molecule is Cc1ccc(-n2c3ccc(-n4c5ccc(C)cc5c5cc(C(C)(C)C)ccc54)cc3c3cc(-n4c5ccc(C)cc5c5cc(C(C)(C)C)ccc54)ccc32)cc1. The van der Waals surface area contributed by atoms with Crippen molar-refractivity contribution < 1.29 is 0 Å². The molecular formula is C53H49N3. The first-order valence-electron chi connectivity index (χ1n) is 20.0. The number of fused-ring (bicyclic) bond motifs is 9. The molecule has 0 aliphatic carbocycles. The van der Waals surface area contributed by atoms with E-state index in [0.717, 1.165) is 0 Å². The summed E-state index contributed by atoms with van der Waals surface area (Å²) in [6.45, 7) is 20.3. The maximum absolute atomic E-state index is 2.47. The van der Waals surface area contributed by atoms with Crippen LogP contribution in [0.4, 0.5) is 0 Å². The highest BCUT2D eigenvalue weighted by molar-refractivity contribution is 6.14. The van der Waals surface area contributed by atoms with Crippen molar-refractivity contribution >= 4 is 65.4 Å². The third-order valence-electron chi connectivity index (χ3n) is 12.1. The van der Waals surface area contributed by atoms with Gasteiger partial charge >= 0.3 is 0 Å². The molecule has 3 aromatic heterocycles. The molecule has 0 amide bonds. The number of hydrogen-bond acceptors (Lipinski definition) is 0. The van der Waals surface area contributed by atoms with E-state index in [9.17, 15) is 0 Å². The van der Waals surface area contributed by atoms with Crippen molar-refractivity contribution in [2.75, 3.05) is 0 Å². The van der Waals surface area contributed by atoms with E-state index in [-0.39, 0.29) is 10.8 Å². The summed E-state index contributed by atoms with van der Waals surface area (Å²) < 4.78 is 7.38. The molecule has 10 rings (SSSR count). The predicted octanol–water partition coefficient (Wildman–Crippen LogP) is 14.5. The van der Waals surface area contributed by atoms with E-state index < -0.39 is 0 Å². The van der Waals surface area contributed by atoms with Gasteiger partial charge in [-0.15, -0.1) is 0 Å². The monoisotopic (exact) mass is 727 g/mol. The van der Waals surface area contributed by atoms with Gasteiger partial charge in [-0.1, -0.05) is 94.6 Å². The molecule has 0 saturated heterocycles. The molecule has 0 N–H and O–H groups in total. The van der Waals surface area contributed by atoms with Crippen LogP contribution in [-0.2, 0) is 10.8 Å². The molecule has 7 aromatic carbocycles. The van der Waals surface area contributed by atoms with E-state index in [2.05, 4.69) is 209 Å². The van der Waals surface area contributed by atoms with Crippen molar-refractivity contribution in [2.45, 2.75) is 73.1 Å². The van der Waals surface area contributed by atoms with Gasteiger partial charge in [-0.2, -0.15) is 0 Å². The predicted molar refractivity (Wildman–Crippen MR) is 241 cm³/mol. The molecule has 0 fully saturated rings. The lowest BCUT2D eigenvalue weighted by atomic mass is 9.86. The van der Waals surface area contributed by atoms with Gasteiger partial charge in [0.25, 0.3) is 0 Å². The number of aromatic nitrogens is 3. The third-order valence-corrected chi connectivity index (χ3v) is 12.1. The summed E-state index contributed by atoms with van der Waals surface area (Å²) >= 11 is 0. The first-order chi connectivity index (χ1) is 26.7. The zero-order valence-corrected chi connectivity index (χ0v) is 34.0. The molecule has 0 aliphatic rings. The maximum atomic E-state index is 2.47. The number of hydrogen-bond donors (Lipinski definition) is 0. The minimum Gasteiger partial charge on any atom is -0.309 e. The normalized spacial score (nSPS) is 12.7. The number of benzene rings is 7. The van der Waals surface area contributed by atoms with E-state index in [1.807, 2.05) is 0 Å². The standard InChI is InChI=1S/C53H49N3/c1-32-10-16-37(17-11-32)54-50-24-18-38(55-46-20-12-33(2)26-40(46)42-28-35(52(4,5)6)14-22-48(42)55)30-44(50)45-31-39(19-25-51(45)54)56-47-21-13-34(3)27-41(47)43-29-36(53(7,8)9)15-23-49(43)56/h10-31H,1-9H3. The van der Waals surface area contributed by atoms with Gasteiger partial charge in [-0.25, -0.2) is 0 Å². The van der Waals surface area contributed by atoms with E-state index in [1.54, 1.807) is 0 Å². The average Bonchev–Trinajstić information content (AvgIpc) is 3.78. The minimum atomic E-state index is 0.0605. The highest BCUT2D eigenvalue weighted by atomic mass is 15.0. The van der Waals surface area contributed by atoms with Gasteiger partial charge in [-0.05, 0) is 140 Å². The Labute approximate surface area is 329 Å². The lowest BCUT2D eigenvalue weighted by Gasteiger charge is -2.19. The van der Waals surface area contributed by atoms with E-state index >= 15 is 0 Å². The van der Waals surface area contributed by atoms with Crippen LogP contribution in [0.15, 0.2) is 133 Å². The fourth-order valence-electron chi connectivity index (χ4n) is 9.01. The molecule has 3 heteroatoms. The topological polar surface area (TPSA) is 14.8 Å². The number of rotatable bonds is 3. The Bertz CT molecular complexity index is 3020. The fraction of sp³-hybridized carbons (Fsp3) is 0.208. The van der Waals surface area contributed by atoms with E-state index in [4.69, 9.17) is 0 Å². The third kappa shape index (κ3) is 5.24. The van der Waals surface area contributed by atoms with Crippen LogP contribution in [0.5, 0.6) is 0 Å². The molecule has 56 heavy (non-hydrogen) atoms. The first-order valence-corrected chi connectivity index (χ1v) is 20.0. The van der Waals surface area contributed by atoms with Gasteiger partial charge in [0, 0.05) is 49.4 Å². The molecule has 10 aromatic rings. The summed E-state index contributed by atoms with van der Waals surface area (Å²) in [5.41, 5.74) is 17.5. The van der Waals surface area contributed by atoms with Crippen molar-refractivity contribution in [3.8, 4) is 17.1 Å². The second-order valence-electron chi connectivity index (χ2n) is 18.2. The molecule has 276 valence electrons. The van der Waals surface area contributed by atoms with Crippen molar-refractivity contribution in [3.05, 3.63) is 161 Å². The zero-order valence-electron chi connectivity index (χ0n) is 34.0. The van der Waals surface area contributed by atoms with Crippen molar-refractivity contribution in [3.63, 3.8) is 0 Å². The van der Waals surface area contributed by atoms with Crippen LogP contribution >= 0.6 is 0 Å². The number of aryl methyl sites for hydroxylation is 3. The summed E-state index contributed by atoms with van der Waals surface area (Å²) in [4.78, 5) is 0. The Kier molecular flexibility index (Phi) is 7.36. The molecule has 0 radical (unpaired) electrons. The van der Waals surface area contributed by atoms with Crippen LogP contribution in [0, 0.1) is 20.8 Å². The summed E-state index contributed by atoms with van der Waals surface area (Å²) in [6.07, 6.45) is 0. The Hall–Kier alpha value is -6.06. The van der Waals surface area contributed by atoms with E-state index in [1.165, 1.54) is 110 Å². The van der Waals surface area contributed by atoms with Crippen molar-refractivity contribution in [2.24, 2.45) is 0 Å². The van der Waals surface area contributed by atoms with Crippen molar-refractivity contribution in [1.82, 2.24) is 13.7 Å². The average molecular weight is 728 g/mol. The molecule has 0 unspecified atom stereocenters. The first kappa shape index (κ1) is 34.4. The minimum absolute atomic E-state index is 0.0605. The fourth-order valence-corrected chi connectivity index (χ4v) is 9.01. The van der Waals surface area contributed by atoms with Crippen LogP contribution in [-0.4, -0.2) is 13.7 Å². The highest BCUT2D eigenvalue weighted by Crippen LogP contribution is 2.41. The largest absolute Gasteiger partial charge is 0.309 e. The Balaban J connectivity index is 1.27. The molecule has 0 atom stereocenters. The summed E-state index contributed by atoms with van der Waals surface area (Å²) in [5, 5.41) is 7.67. The molecule has 0 saturated carbocycles. The molecule has 0 aliphatic heterocycles. The molecule has 3 nitrogen and oxygen atoms in total. The Morgan fingerprint density at radius 3 is 0.964 bits per heavy atom. The van der Waals surface area contributed by atoms with Gasteiger partial charge in [0.05, 0.1) is 33.1 Å². The lowest BCUT2D eigenvalue weighted by molar-refractivity contribution is 0.591. The molecule has 0 bridgehead atoms. The quantitative estimate of drug-likeness (QED) is 0.172. The van der Waals surface area contributed by atoms with Crippen LogP contribution in [0.25, 0.3) is 82.5 Å². The van der Waals surface area contributed by atoms with Crippen molar-refractivity contribution in [1.29, 1.82) is 0 Å². The molecule has 3 heterocycles. The lowest BCUT2D eigenvalue weighted by Crippen LogP contribution is -2.10. The van der Waals surface area contributed by atoms with Crippen LogP contribution in [0.2, 0.25) is 0 Å². The van der Waals surface area contributed by atoms with Gasteiger partial charge in [0.15, 0.2) is 0 Å². The van der Waals surface area contributed by atoms with Gasteiger partial charge in [0.2, 0.25) is 0 Å². The molecular weight excluding hydrogens is 679 g/mol. The summed E-state index contributed by atoms with van der Waals surface area (Å²) in [6, 6.07) is 51.0. The maximum Gasteiger partial charge on any atom is 0.0542 e. The van der Waals surface area contributed by atoms with Gasteiger partial charge < -0.3 is 13.7 Å². The van der Waals surface area contributed by atoms with Crippen LogP contribution in [0.1, 0.15) is 69.4 Å². The van der Waals surface area contributed by atoms with Gasteiger partial charge in [0.1, 0.15) is 0 Å². The summed E-state index contributed by atoms with van der Waals surface area (Å²) in [7, 11) is 0. The van der Waals surface area contributed by atoms with Gasteiger partial charge in [-0.3, -0.25) is 0 Å².